The Bertz CT molecular complexity index is 830. The number of aromatic nitrogens is 4. The van der Waals surface area contributed by atoms with Crippen molar-refractivity contribution in [3.63, 3.8) is 0 Å². The van der Waals surface area contributed by atoms with Crippen LogP contribution in [0.5, 0.6) is 0 Å². The normalized spacial score (nSPS) is 17.0. The van der Waals surface area contributed by atoms with Crippen LogP contribution < -0.4 is 10.2 Å². The van der Waals surface area contributed by atoms with Crippen molar-refractivity contribution in [3.8, 4) is 0 Å². The second kappa shape index (κ2) is 8.16. The minimum Gasteiger partial charge on any atom is -0.355 e. The molecule has 1 fully saturated rings. The Labute approximate surface area is 162 Å². The third-order valence-electron chi connectivity index (χ3n) is 5.04. The first-order valence-corrected chi connectivity index (χ1v) is 10.5. The summed E-state index contributed by atoms with van der Waals surface area (Å²) in [7, 11) is 0. The van der Waals surface area contributed by atoms with Crippen LogP contribution in [0, 0.1) is 0 Å². The predicted molar refractivity (Wildman–Crippen MR) is 102 cm³/mol. The summed E-state index contributed by atoms with van der Waals surface area (Å²) in [5, 5.41) is 14.1. The Balaban J connectivity index is 1.26. The Morgan fingerprint density at radius 3 is 2.93 bits per heavy atom. The molecule has 9 heteroatoms. The van der Waals surface area contributed by atoms with Crippen LogP contribution in [-0.2, 0) is 35.4 Å². The zero-order valence-electron chi connectivity index (χ0n) is 15.3. The van der Waals surface area contributed by atoms with Crippen LogP contribution in [0.1, 0.15) is 49.4 Å². The molecule has 0 radical (unpaired) electrons. The first-order valence-electron chi connectivity index (χ1n) is 9.63. The van der Waals surface area contributed by atoms with Crippen molar-refractivity contribution < 1.29 is 9.59 Å². The van der Waals surface area contributed by atoms with Gasteiger partial charge in [0.1, 0.15) is 11.6 Å². The molecular weight excluding hydrogens is 364 g/mol. The van der Waals surface area contributed by atoms with Gasteiger partial charge in [-0.2, -0.15) is 0 Å². The number of anilines is 1. The average molecular weight is 388 g/mol. The van der Waals surface area contributed by atoms with Crippen molar-refractivity contribution in [2.45, 2.75) is 57.9 Å². The monoisotopic (exact) mass is 388 g/mol. The van der Waals surface area contributed by atoms with E-state index in [2.05, 4.69) is 25.1 Å². The average Bonchev–Trinajstić information content (AvgIpc) is 3.33. The zero-order valence-corrected chi connectivity index (χ0v) is 16.1. The van der Waals surface area contributed by atoms with Crippen LogP contribution in [0.25, 0.3) is 0 Å². The van der Waals surface area contributed by atoms with Gasteiger partial charge in [-0.1, -0.05) is 6.42 Å². The lowest BCUT2D eigenvalue weighted by Gasteiger charge is -2.10. The van der Waals surface area contributed by atoms with Crippen molar-refractivity contribution in [3.05, 3.63) is 22.7 Å². The first kappa shape index (κ1) is 18.1. The van der Waals surface area contributed by atoms with E-state index in [0.717, 1.165) is 44.0 Å². The van der Waals surface area contributed by atoms with E-state index >= 15 is 0 Å². The van der Waals surface area contributed by atoms with E-state index in [9.17, 15) is 9.59 Å². The first-order chi connectivity index (χ1) is 13.2. The van der Waals surface area contributed by atoms with Gasteiger partial charge in [-0.15, -0.1) is 21.5 Å². The maximum atomic E-state index is 12.2. The minimum atomic E-state index is -0.0600. The Hall–Kier alpha value is -2.29. The molecule has 0 aliphatic carbocycles. The summed E-state index contributed by atoms with van der Waals surface area (Å²) in [6, 6.07) is 0. The fraction of sp³-hybridized carbons (Fsp3) is 0.611. The lowest BCUT2D eigenvalue weighted by molar-refractivity contribution is -0.120. The Morgan fingerprint density at radius 2 is 2.07 bits per heavy atom. The van der Waals surface area contributed by atoms with Crippen molar-refractivity contribution in [2.75, 3.05) is 18.0 Å². The van der Waals surface area contributed by atoms with E-state index in [-0.39, 0.29) is 18.2 Å². The van der Waals surface area contributed by atoms with Crippen LogP contribution in [0.2, 0.25) is 0 Å². The number of nitrogens with zero attached hydrogens (tertiary/aromatic N) is 5. The molecule has 2 aromatic rings. The second-order valence-corrected chi connectivity index (χ2v) is 7.88. The highest BCUT2D eigenvalue weighted by Crippen LogP contribution is 2.25. The third-order valence-corrected chi connectivity index (χ3v) is 5.95. The molecule has 1 N–H and O–H groups in total. The summed E-state index contributed by atoms with van der Waals surface area (Å²) >= 11 is 1.42. The molecule has 2 aromatic heterocycles. The molecule has 4 rings (SSSR count). The molecule has 1 saturated heterocycles. The number of nitrogens with one attached hydrogen (secondary N) is 1. The molecule has 0 bridgehead atoms. The van der Waals surface area contributed by atoms with Crippen molar-refractivity contribution in [2.24, 2.45) is 0 Å². The summed E-state index contributed by atoms with van der Waals surface area (Å²) in [6.45, 7) is 2.24. The number of hydrogen-bond donors (Lipinski definition) is 1. The van der Waals surface area contributed by atoms with Crippen molar-refractivity contribution >= 4 is 28.3 Å². The van der Waals surface area contributed by atoms with Gasteiger partial charge in [-0.05, 0) is 19.3 Å². The maximum absolute atomic E-state index is 12.2. The Morgan fingerprint density at radius 1 is 1.15 bits per heavy atom. The van der Waals surface area contributed by atoms with E-state index in [1.165, 1.54) is 24.2 Å². The van der Waals surface area contributed by atoms with Gasteiger partial charge >= 0.3 is 0 Å². The summed E-state index contributed by atoms with van der Waals surface area (Å²) in [6.07, 6.45) is 6.94. The van der Waals surface area contributed by atoms with Crippen molar-refractivity contribution in [1.29, 1.82) is 0 Å². The SMILES string of the molecule is O=C(Cc1csc(N2CCCC2=O)n1)NCCc1nnc2n1CCCCC2. The summed E-state index contributed by atoms with van der Waals surface area (Å²) in [5.41, 5.74) is 0.712. The molecule has 2 aliphatic heterocycles. The van der Waals surface area contributed by atoms with Gasteiger partial charge < -0.3 is 9.88 Å². The van der Waals surface area contributed by atoms with Crippen LogP contribution in [0.3, 0.4) is 0 Å². The number of hydrogen-bond acceptors (Lipinski definition) is 6. The summed E-state index contributed by atoms with van der Waals surface area (Å²) < 4.78 is 2.21. The molecular formula is C18H24N6O2S. The lowest BCUT2D eigenvalue weighted by atomic mass is 10.2. The van der Waals surface area contributed by atoms with Gasteiger partial charge in [0.25, 0.3) is 0 Å². The van der Waals surface area contributed by atoms with Crippen LogP contribution in [0.4, 0.5) is 5.13 Å². The van der Waals surface area contributed by atoms with E-state index in [1.807, 2.05) is 5.38 Å². The fourth-order valence-corrected chi connectivity index (χ4v) is 4.49. The molecule has 8 nitrogen and oxygen atoms in total. The molecule has 2 amide bonds. The highest BCUT2D eigenvalue weighted by Gasteiger charge is 2.24. The number of thiazole rings is 1. The number of carbonyl (C=O) groups is 2. The Kier molecular flexibility index (Phi) is 5.47. The highest BCUT2D eigenvalue weighted by atomic mass is 32.1. The maximum Gasteiger partial charge on any atom is 0.228 e. The van der Waals surface area contributed by atoms with Crippen LogP contribution in [0.15, 0.2) is 5.38 Å². The smallest absolute Gasteiger partial charge is 0.228 e. The topological polar surface area (TPSA) is 93.0 Å². The highest BCUT2D eigenvalue weighted by molar-refractivity contribution is 7.14. The molecule has 144 valence electrons. The largest absolute Gasteiger partial charge is 0.355 e. The van der Waals surface area contributed by atoms with Gasteiger partial charge in [0, 0.05) is 44.3 Å². The lowest BCUT2D eigenvalue weighted by Crippen LogP contribution is -2.28. The minimum absolute atomic E-state index is 0.0600. The molecule has 0 unspecified atom stereocenters. The molecule has 4 heterocycles. The predicted octanol–water partition coefficient (Wildman–Crippen LogP) is 1.49. The quantitative estimate of drug-likeness (QED) is 0.809. The van der Waals surface area contributed by atoms with Crippen LogP contribution >= 0.6 is 11.3 Å². The third kappa shape index (κ3) is 4.18. The number of rotatable bonds is 6. The molecule has 0 spiro atoms. The molecule has 27 heavy (non-hydrogen) atoms. The summed E-state index contributed by atoms with van der Waals surface area (Å²) in [5.74, 6) is 2.08. The van der Waals surface area contributed by atoms with E-state index in [0.29, 0.717) is 30.2 Å². The summed E-state index contributed by atoms with van der Waals surface area (Å²) in [4.78, 5) is 30.2. The van der Waals surface area contributed by atoms with Crippen molar-refractivity contribution in [1.82, 2.24) is 25.1 Å². The van der Waals surface area contributed by atoms with Gasteiger partial charge in [0.2, 0.25) is 11.8 Å². The molecule has 0 atom stereocenters. The van der Waals surface area contributed by atoms with Gasteiger partial charge in [-0.3, -0.25) is 14.5 Å². The molecule has 0 saturated carbocycles. The zero-order chi connectivity index (χ0) is 18.6. The second-order valence-electron chi connectivity index (χ2n) is 7.04. The fourth-order valence-electron chi connectivity index (χ4n) is 3.62. The number of amides is 2. The molecule has 0 aromatic carbocycles. The number of carbonyl (C=O) groups excluding carboxylic acids is 2. The van der Waals surface area contributed by atoms with Crippen LogP contribution in [-0.4, -0.2) is 44.7 Å². The van der Waals surface area contributed by atoms with Gasteiger partial charge in [0.15, 0.2) is 5.13 Å². The van der Waals surface area contributed by atoms with E-state index in [1.54, 1.807) is 4.90 Å². The van der Waals surface area contributed by atoms with Gasteiger partial charge in [-0.25, -0.2) is 4.98 Å². The van der Waals surface area contributed by atoms with E-state index < -0.39 is 0 Å². The standard InChI is InChI=1S/C18H24N6O2S/c25-16(11-13-12-27-18(20-13)24-10-4-6-17(24)26)19-8-7-15-22-21-14-5-2-1-3-9-23(14)15/h12H,1-11H2,(H,19,25). The van der Waals surface area contributed by atoms with Gasteiger partial charge in [0.05, 0.1) is 12.1 Å². The number of fused-ring (bicyclic) bond motifs is 1. The number of aryl methyl sites for hydroxylation is 1. The molecule has 2 aliphatic rings. The van der Waals surface area contributed by atoms with E-state index in [4.69, 9.17) is 0 Å².